The van der Waals surface area contributed by atoms with Gasteiger partial charge in [0.2, 0.25) is 5.91 Å². The van der Waals surface area contributed by atoms with Crippen LogP contribution >= 0.6 is 0 Å². The highest BCUT2D eigenvalue weighted by Crippen LogP contribution is 2.40. The van der Waals surface area contributed by atoms with Gasteiger partial charge in [-0.2, -0.15) is 0 Å². The molecule has 1 aliphatic rings. The molecule has 0 fully saturated rings. The first kappa shape index (κ1) is 26.1. The first-order valence-corrected chi connectivity index (χ1v) is 12.4. The molecule has 0 N–H and O–H groups in total. The predicted molar refractivity (Wildman–Crippen MR) is 140 cm³/mol. The zero-order chi connectivity index (χ0) is 26.4. The molecule has 0 saturated heterocycles. The molecule has 37 heavy (non-hydrogen) atoms. The van der Waals surface area contributed by atoms with Crippen LogP contribution in [0.2, 0.25) is 0 Å². The lowest BCUT2D eigenvalue weighted by molar-refractivity contribution is -0.136. The maximum absolute atomic E-state index is 14.0. The van der Waals surface area contributed by atoms with Crippen LogP contribution in [0.5, 0.6) is 17.2 Å². The Labute approximate surface area is 217 Å². The summed E-state index contributed by atoms with van der Waals surface area (Å²) in [5.41, 5.74) is 3.53. The van der Waals surface area contributed by atoms with Gasteiger partial charge in [-0.25, -0.2) is 4.79 Å². The number of hydrogen-bond acceptors (Lipinski definition) is 6. The largest absolute Gasteiger partial charge is 0.493 e. The summed E-state index contributed by atoms with van der Waals surface area (Å²) in [5.74, 6) is 1.29. The first-order valence-electron chi connectivity index (χ1n) is 12.4. The van der Waals surface area contributed by atoms with Crippen LogP contribution in [0.4, 0.5) is 0 Å². The van der Waals surface area contributed by atoms with Crippen molar-refractivity contribution in [2.75, 3.05) is 34.5 Å². The molecule has 2 atom stereocenters. The van der Waals surface area contributed by atoms with Crippen LogP contribution in [0, 0.1) is 0 Å². The van der Waals surface area contributed by atoms with Crippen molar-refractivity contribution >= 4 is 11.9 Å². The highest BCUT2D eigenvalue weighted by atomic mass is 16.5. The number of carbonyl (C=O) groups excluding carboxylic acids is 2. The van der Waals surface area contributed by atoms with Gasteiger partial charge in [-0.3, -0.25) is 4.79 Å². The Kier molecular flexibility index (Phi) is 8.33. The molecule has 0 aliphatic carbocycles. The standard InChI is InChI=1S/C30H33NO6/c1-5-24(20-9-7-6-8-10-20)29(32)31-16-15-22-17-27(34-2)28(35-3)18-25(22)26(31)19-37-23-13-11-21(12-14-23)30(33)36-4/h6-14,17-18,24,26H,5,15-16,19H2,1-4H3/t24-,26+/m0/s1. The van der Waals surface area contributed by atoms with Gasteiger partial charge in [0.05, 0.1) is 38.9 Å². The number of ether oxygens (including phenoxy) is 4. The number of fused-ring (bicyclic) bond motifs is 1. The molecule has 4 rings (SSSR count). The maximum Gasteiger partial charge on any atom is 0.337 e. The van der Waals surface area contributed by atoms with Crippen molar-refractivity contribution in [1.29, 1.82) is 0 Å². The average molecular weight is 504 g/mol. The molecular formula is C30H33NO6. The van der Waals surface area contributed by atoms with Crippen LogP contribution in [0.15, 0.2) is 66.7 Å². The van der Waals surface area contributed by atoms with E-state index in [-0.39, 0.29) is 24.5 Å². The minimum absolute atomic E-state index is 0.0729. The Bertz CT molecular complexity index is 1220. The molecule has 0 aromatic heterocycles. The molecule has 1 amide bonds. The topological polar surface area (TPSA) is 74.3 Å². The second-order valence-corrected chi connectivity index (χ2v) is 8.90. The fourth-order valence-corrected chi connectivity index (χ4v) is 4.89. The van der Waals surface area contributed by atoms with Crippen LogP contribution in [-0.2, 0) is 16.0 Å². The van der Waals surface area contributed by atoms with Crippen molar-refractivity contribution in [3.63, 3.8) is 0 Å². The van der Waals surface area contributed by atoms with Crippen LogP contribution in [0.3, 0.4) is 0 Å². The van der Waals surface area contributed by atoms with Gasteiger partial charge in [-0.05, 0) is 65.9 Å². The van der Waals surface area contributed by atoms with Crippen LogP contribution in [0.25, 0.3) is 0 Å². The summed E-state index contributed by atoms with van der Waals surface area (Å²) in [6, 6.07) is 20.3. The first-order chi connectivity index (χ1) is 18.0. The number of rotatable bonds is 9. The molecule has 194 valence electrons. The van der Waals surface area contributed by atoms with Gasteiger partial charge in [-0.1, -0.05) is 37.3 Å². The van der Waals surface area contributed by atoms with E-state index in [2.05, 4.69) is 0 Å². The Morgan fingerprint density at radius 2 is 1.62 bits per heavy atom. The molecular weight excluding hydrogens is 470 g/mol. The zero-order valence-electron chi connectivity index (χ0n) is 21.7. The van der Waals surface area contributed by atoms with Gasteiger partial charge in [0, 0.05) is 6.54 Å². The summed E-state index contributed by atoms with van der Waals surface area (Å²) >= 11 is 0. The Morgan fingerprint density at radius 1 is 0.946 bits per heavy atom. The summed E-state index contributed by atoms with van der Waals surface area (Å²) in [6.07, 6.45) is 1.40. The Balaban J connectivity index is 1.66. The highest BCUT2D eigenvalue weighted by Gasteiger charge is 2.36. The lowest BCUT2D eigenvalue weighted by Crippen LogP contribution is -2.44. The lowest BCUT2D eigenvalue weighted by Gasteiger charge is -2.39. The number of carbonyl (C=O) groups is 2. The molecule has 1 heterocycles. The number of esters is 1. The quantitative estimate of drug-likeness (QED) is 0.374. The number of nitrogens with zero attached hydrogens (tertiary/aromatic N) is 1. The number of methoxy groups -OCH3 is 3. The third-order valence-electron chi connectivity index (χ3n) is 6.88. The van der Waals surface area contributed by atoms with Crippen molar-refractivity contribution in [3.05, 3.63) is 89.0 Å². The number of benzene rings is 3. The van der Waals surface area contributed by atoms with Gasteiger partial charge in [0.25, 0.3) is 0 Å². The molecule has 0 radical (unpaired) electrons. The van der Waals surface area contributed by atoms with Gasteiger partial charge >= 0.3 is 5.97 Å². The van der Waals surface area contributed by atoms with E-state index in [4.69, 9.17) is 18.9 Å². The minimum atomic E-state index is -0.405. The molecule has 7 heteroatoms. The third-order valence-corrected chi connectivity index (χ3v) is 6.88. The van der Waals surface area contributed by atoms with Crippen molar-refractivity contribution in [2.45, 2.75) is 31.7 Å². The van der Waals surface area contributed by atoms with Gasteiger partial charge in [0.1, 0.15) is 12.4 Å². The molecule has 0 unspecified atom stereocenters. The van der Waals surface area contributed by atoms with E-state index in [9.17, 15) is 9.59 Å². The fraction of sp³-hybridized carbons (Fsp3) is 0.333. The predicted octanol–water partition coefficient (Wildman–Crippen LogP) is 5.19. The second kappa shape index (κ2) is 11.8. The van der Waals surface area contributed by atoms with Crippen LogP contribution in [-0.4, -0.2) is 51.3 Å². The van der Waals surface area contributed by atoms with E-state index in [1.54, 1.807) is 38.5 Å². The smallest absolute Gasteiger partial charge is 0.337 e. The van der Waals surface area contributed by atoms with Gasteiger partial charge < -0.3 is 23.8 Å². The Morgan fingerprint density at radius 3 is 2.24 bits per heavy atom. The maximum atomic E-state index is 14.0. The molecule has 0 bridgehead atoms. The molecule has 3 aromatic rings. The van der Waals surface area contributed by atoms with E-state index < -0.39 is 5.97 Å². The number of hydrogen-bond donors (Lipinski definition) is 0. The van der Waals surface area contributed by atoms with E-state index in [0.717, 1.165) is 16.7 Å². The summed E-state index contributed by atoms with van der Waals surface area (Å²) in [6.45, 7) is 2.85. The normalized spacial score (nSPS) is 15.4. The van der Waals surface area contributed by atoms with E-state index >= 15 is 0 Å². The summed E-state index contributed by atoms with van der Waals surface area (Å²) < 4.78 is 22.1. The molecule has 0 saturated carbocycles. The van der Waals surface area contributed by atoms with E-state index in [1.165, 1.54) is 7.11 Å². The molecule has 7 nitrogen and oxygen atoms in total. The van der Waals surface area contributed by atoms with Crippen molar-refractivity contribution in [3.8, 4) is 17.2 Å². The minimum Gasteiger partial charge on any atom is -0.493 e. The van der Waals surface area contributed by atoms with E-state index in [1.807, 2.05) is 54.3 Å². The Hall–Kier alpha value is -4.00. The SMILES string of the molecule is CC[C@H](C(=O)N1CCc2cc(OC)c(OC)cc2[C@H]1COc1ccc(C(=O)OC)cc1)c1ccccc1. The highest BCUT2D eigenvalue weighted by molar-refractivity contribution is 5.89. The second-order valence-electron chi connectivity index (χ2n) is 8.90. The van der Waals surface area contributed by atoms with E-state index in [0.29, 0.717) is 42.2 Å². The van der Waals surface area contributed by atoms with Gasteiger partial charge in [0.15, 0.2) is 11.5 Å². The lowest BCUT2D eigenvalue weighted by atomic mass is 9.89. The fourth-order valence-electron chi connectivity index (χ4n) is 4.89. The summed E-state index contributed by atoms with van der Waals surface area (Å²) in [7, 11) is 4.57. The van der Waals surface area contributed by atoms with Gasteiger partial charge in [-0.15, -0.1) is 0 Å². The van der Waals surface area contributed by atoms with Crippen molar-refractivity contribution in [1.82, 2.24) is 4.90 Å². The average Bonchev–Trinajstić information content (AvgIpc) is 2.95. The van der Waals surface area contributed by atoms with Crippen molar-refractivity contribution in [2.24, 2.45) is 0 Å². The summed E-state index contributed by atoms with van der Waals surface area (Å²) in [5, 5.41) is 0. The summed E-state index contributed by atoms with van der Waals surface area (Å²) in [4.78, 5) is 27.7. The zero-order valence-corrected chi connectivity index (χ0v) is 21.7. The molecule has 1 aliphatic heterocycles. The molecule has 3 aromatic carbocycles. The molecule has 0 spiro atoms. The number of amides is 1. The van der Waals surface area contributed by atoms with Crippen molar-refractivity contribution < 1.29 is 28.5 Å². The monoisotopic (exact) mass is 503 g/mol. The van der Waals surface area contributed by atoms with Crippen LogP contribution < -0.4 is 14.2 Å². The van der Waals surface area contributed by atoms with Crippen LogP contribution in [0.1, 0.15) is 52.4 Å². The third kappa shape index (κ3) is 5.56.